The largest absolute Gasteiger partial charge is 0.491 e. The molecule has 0 N–H and O–H groups in total. The van der Waals surface area contributed by atoms with E-state index in [0.29, 0.717) is 18.7 Å². The van der Waals surface area contributed by atoms with Crippen LogP contribution in [-0.2, 0) is 11.3 Å². The fraction of sp³-hybridized carbons (Fsp3) is 0.278. The third-order valence-corrected chi connectivity index (χ3v) is 3.99. The van der Waals surface area contributed by atoms with Crippen molar-refractivity contribution in [1.29, 1.82) is 0 Å². The van der Waals surface area contributed by atoms with Crippen LogP contribution in [0.1, 0.15) is 33.3 Å². The maximum atomic E-state index is 12.8. The van der Waals surface area contributed by atoms with E-state index < -0.39 is 5.97 Å². The second-order valence-corrected chi connectivity index (χ2v) is 5.62. The summed E-state index contributed by atoms with van der Waals surface area (Å²) >= 11 is 0. The number of amides is 1. The molecule has 0 unspecified atom stereocenters. The van der Waals surface area contributed by atoms with E-state index >= 15 is 0 Å². The molecule has 3 rings (SSSR count). The SMILES string of the molecule is COC(=O)c1ccc(C(=O)N2Cc3ccccc3OC[C@@H]2C)cn1. The van der Waals surface area contributed by atoms with Crippen LogP contribution in [0.15, 0.2) is 42.6 Å². The number of rotatable bonds is 2. The molecule has 24 heavy (non-hydrogen) atoms. The van der Waals surface area contributed by atoms with E-state index in [0.717, 1.165) is 11.3 Å². The summed E-state index contributed by atoms with van der Waals surface area (Å²) in [5.41, 5.74) is 1.56. The number of hydrogen-bond acceptors (Lipinski definition) is 5. The van der Waals surface area contributed by atoms with E-state index in [1.807, 2.05) is 31.2 Å². The van der Waals surface area contributed by atoms with Gasteiger partial charge in [0, 0.05) is 11.8 Å². The zero-order valence-corrected chi connectivity index (χ0v) is 13.6. The summed E-state index contributed by atoms with van der Waals surface area (Å²) in [5, 5.41) is 0. The summed E-state index contributed by atoms with van der Waals surface area (Å²) in [6.07, 6.45) is 1.40. The first-order chi connectivity index (χ1) is 11.6. The van der Waals surface area contributed by atoms with Crippen molar-refractivity contribution < 1.29 is 19.1 Å². The van der Waals surface area contributed by atoms with Gasteiger partial charge in [0.25, 0.3) is 5.91 Å². The average Bonchev–Trinajstić information content (AvgIpc) is 2.80. The number of esters is 1. The monoisotopic (exact) mass is 326 g/mol. The Hall–Kier alpha value is -2.89. The van der Waals surface area contributed by atoms with Crippen LogP contribution in [0.5, 0.6) is 5.75 Å². The van der Waals surface area contributed by atoms with Gasteiger partial charge in [0.15, 0.2) is 0 Å². The molecule has 0 saturated heterocycles. The molecule has 0 spiro atoms. The second kappa shape index (κ2) is 6.70. The van der Waals surface area contributed by atoms with Gasteiger partial charge in [-0.25, -0.2) is 9.78 Å². The number of para-hydroxylation sites is 1. The van der Waals surface area contributed by atoms with E-state index in [1.54, 1.807) is 11.0 Å². The van der Waals surface area contributed by atoms with E-state index in [4.69, 9.17) is 4.74 Å². The van der Waals surface area contributed by atoms with Crippen molar-refractivity contribution in [3.05, 3.63) is 59.4 Å². The van der Waals surface area contributed by atoms with Crippen molar-refractivity contribution in [2.24, 2.45) is 0 Å². The van der Waals surface area contributed by atoms with Crippen molar-refractivity contribution in [2.75, 3.05) is 13.7 Å². The van der Waals surface area contributed by atoms with E-state index in [1.165, 1.54) is 19.4 Å². The zero-order valence-electron chi connectivity index (χ0n) is 13.6. The summed E-state index contributed by atoms with van der Waals surface area (Å²) in [5.74, 6) is 0.130. The van der Waals surface area contributed by atoms with Crippen molar-refractivity contribution in [3.8, 4) is 5.75 Å². The first-order valence-electron chi connectivity index (χ1n) is 7.66. The van der Waals surface area contributed by atoms with Crippen LogP contribution in [-0.4, -0.2) is 41.5 Å². The van der Waals surface area contributed by atoms with Crippen LogP contribution in [0, 0.1) is 0 Å². The lowest BCUT2D eigenvalue weighted by Gasteiger charge is -2.26. The Kier molecular flexibility index (Phi) is 4.46. The summed E-state index contributed by atoms with van der Waals surface area (Å²) in [4.78, 5) is 30.0. The maximum absolute atomic E-state index is 12.8. The molecule has 1 aromatic heterocycles. The summed E-state index contributed by atoms with van der Waals surface area (Å²) in [6.45, 7) is 2.84. The molecule has 0 radical (unpaired) electrons. The van der Waals surface area contributed by atoms with Crippen molar-refractivity contribution in [2.45, 2.75) is 19.5 Å². The van der Waals surface area contributed by atoms with Gasteiger partial charge < -0.3 is 14.4 Å². The summed E-state index contributed by atoms with van der Waals surface area (Å²) in [7, 11) is 1.29. The third-order valence-electron chi connectivity index (χ3n) is 3.99. The highest BCUT2D eigenvalue weighted by atomic mass is 16.5. The molecule has 1 aromatic carbocycles. The number of aromatic nitrogens is 1. The Morgan fingerprint density at radius 3 is 2.75 bits per heavy atom. The number of hydrogen-bond donors (Lipinski definition) is 0. The molecule has 0 saturated carbocycles. The second-order valence-electron chi connectivity index (χ2n) is 5.62. The molecular formula is C18H18N2O4. The molecule has 2 aromatic rings. The topological polar surface area (TPSA) is 68.7 Å². The van der Waals surface area contributed by atoms with Gasteiger partial charge in [-0.3, -0.25) is 4.79 Å². The van der Waals surface area contributed by atoms with Gasteiger partial charge in [-0.15, -0.1) is 0 Å². The maximum Gasteiger partial charge on any atom is 0.356 e. The number of ether oxygens (including phenoxy) is 2. The van der Waals surface area contributed by atoms with Gasteiger partial charge in [0.1, 0.15) is 18.1 Å². The normalized spacial score (nSPS) is 16.6. The molecule has 0 aliphatic carbocycles. The van der Waals surface area contributed by atoms with E-state index in [-0.39, 0.29) is 17.6 Å². The Bertz CT molecular complexity index is 758. The number of fused-ring (bicyclic) bond motifs is 1. The molecule has 1 aliphatic rings. The molecule has 6 nitrogen and oxygen atoms in total. The minimum absolute atomic E-state index is 0.0785. The molecule has 0 bridgehead atoms. The molecule has 124 valence electrons. The van der Waals surface area contributed by atoms with Crippen molar-refractivity contribution in [1.82, 2.24) is 9.88 Å². The fourth-order valence-electron chi connectivity index (χ4n) is 2.60. The minimum Gasteiger partial charge on any atom is -0.491 e. The molecule has 6 heteroatoms. The molecular weight excluding hydrogens is 308 g/mol. The van der Waals surface area contributed by atoms with Crippen LogP contribution < -0.4 is 4.74 Å². The van der Waals surface area contributed by atoms with Crippen LogP contribution in [0.2, 0.25) is 0 Å². The summed E-state index contributed by atoms with van der Waals surface area (Å²) in [6, 6.07) is 10.7. The highest BCUT2D eigenvalue weighted by molar-refractivity contribution is 5.95. The number of carbonyl (C=O) groups is 2. The Morgan fingerprint density at radius 1 is 1.25 bits per heavy atom. The van der Waals surface area contributed by atoms with Gasteiger partial charge in [-0.05, 0) is 25.1 Å². The van der Waals surface area contributed by atoms with Crippen LogP contribution in [0.25, 0.3) is 0 Å². The number of methoxy groups -OCH3 is 1. The van der Waals surface area contributed by atoms with Crippen LogP contribution >= 0.6 is 0 Å². The Labute approximate surface area is 140 Å². The van der Waals surface area contributed by atoms with Gasteiger partial charge in [0.05, 0.1) is 25.3 Å². The van der Waals surface area contributed by atoms with Crippen LogP contribution in [0.3, 0.4) is 0 Å². The first-order valence-corrected chi connectivity index (χ1v) is 7.66. The highest BCUT2D eigenvalue weighted by Crippen LogP contribution is 2.25. The minimum atomic E-state index is -0.528. The van der Waals surface area contributed by atoms with Crippen molar-refractivity contribution >= 4 is 11.9 Å². The van der Waals surface area contributed by atoms with E-state index in [2.05, 4.69) is 9.72 Å². The predicted octanol–water partition coefficient (Wildman–Crippen LogP) is 2.29. The number of carbonyl (C=O) groups excluding carboxylic acids is 2. The van der Waals surface area contributed by atoms with Gasteiger partial charge >= 0.3 is 5.97 Å². The molecule has 1 atom stereocenters. The van der Waals surface area contributed by atoms with Gasteiger partial charge in [-0.1, -0.05) is 18.2 Å². The quantitative estimate of drug-likeness (QED) is 0.792. The van der Waals surface area contributed by atoms with E-state index in [9.17, 15) is 9.59 Å². The first kappa shape index (κ1) is 16.0. The Morgan fingerprint density at radius 2 is 2.04 bits per heavy atom. The standard InChI is InChI=1S/C18H18N2O4/c1-12-11-24-16-6-4-3-5-14(16)10-20(12)17(21)13-7-8-15(19-9-13)18(22)23-2/h3-9,12H,10-11H2,1-2H3/t12-/m0/s1. The smallest absolute Gasteiger partial charge is 0.356 e. The Balaban J connectivity index is 1.84. The molecule has 0 fully saturated rings. The number of nitrogens with zero attached hydrogens (tertiary/aromatic N) is 2. The molecule has 2 heterocycles. The lowest BCUT2D eigenvalue weighted by molar-refractivity contribution is 0.0590. The third kappa shape index (κ3) is 3.08. The lowest BCUT2D eigenvalue weighted by Crippen LogP contribution is -2.39. The number of benzene rings is 1. The highest BCUT2D eigenvalue weighted by Gasteiger charge is 2.26. The van der Waals surface area contributed by atoms with Gasteiger partial charge in [0.2, 0.25) is 0 Å². The lowest BCUT2D eigenvalue weighted by atomic mass is 10.1. The van der Waals surface area contributed by atoms with Crippen LogP contribution in [0.4, 0.5) is 0 Å². The predicted molar refractivity (Wildman–Crippen MR) is 86.8 cm³/mol. The molecule has 1 aliphatic heterocycles. The zero-order chi connectivity index (χ0) is 17.1. The summed E-state index contributed by atoms with van der Waals surface area (Å²) < 4.78 is 10.4. The number of pyridine rings is 1. The van der Waals surface area contributed by atoms with Gasteiger partial charge in [-0.2, -0.15) is 0 Å². The van der Waals surface area contributed by atoms with Crippen molar-refractivity contribution in [3.63, 3.8) is 0 Å². The fourth-order valence-corrected chi connectivity index (χ4v) is 2.60. The molecule has 1 amide bonds. The average molecular weight is 326 g/mol.